The first-order valence-electron chi connectivity index (χ1n) is 9.22. The summed E-state index contributed by atoms with van der Waals surface area (Å²) in [5.41, 5.74) is 11.1. The summed E-state index contributed by atoms with van der Waals surface area (Å²) in [6.07, 6.45) is 2.07. The van der Waals surface area contributed by atoms with E-state index in [1.807, 2.05) is 4.90 Å². The first kappa shape index (κ1) is 21.0. The summed E-state index contributed by atoms with van der Waals surface area (Å²) in [6.45, 7) is 3.69. The summed E-state index contributed by atoms with van der Waals surface area (Å²) in [6, 6.07) is 4.71. The minimum absolute atomic E-state index is 0.0465. The highest BCUT2D eigenvalue weighted by atomic mass is 19.1. The lowest BCUT2D eigenvalue weighted by Crippen LogP contribution is -2.48. The Balaban J connectivity index is 1.70. The van der Waals surface area contributed by atoms with E-state index >= 15 is 0 Å². The topological polar surface area (TPSA) is 140 Å². The predicted molar refractivity (Wildman–Crippen MR) is 108 cm³/mol. The molecule has 30 heavy (non-hydrogen) atoms. The van der Waals surface area contributed by atoms with Crippen LogP contribution in [0.5, 0.6) is 0 Å². The number of benzene rings is 1. The Bertz CT molecular complexity index is 953. The van der Waals surface area contributed by atoms with E-state index in [0.29, 0.717) is 37.7 Å². The zero-order valence-corrected chi connectivity index (χ0v) is 16.4. The quantitative estimate of drug-likeness (QED) is 0.553. The molecular weight excluding hydrogens is 393 g/mol. The first-order valence-corrected chi connectivity index (χ1v) is 9.22. The van der Waals surface area contributed by atoms with Gasteiger partial charge in [-0.25, -0.2) is 19.2 Å². The molecule has 158 valence electrons. The number of hydrogen-bond donors (Lipinski definition) is 2. The van der Waals surface area contributed by atoms with Crippen LogP contribution < -0.4 is 16.4 Å². The summed E-state index contributed by atoms with van der Waals surface area (Å²) in [4.78, 5) is 38.5. The molecule has 10 nitrogen and oxygen atoms in total. The minimum Gasteiger partial charge on any atom is -0.443 e. The first-order chi connectivity index (χ1) is 14.3. The molecule has 2 aromatic rings. The van der Waals surface area contributed by atoms with Gasteiger partial charge in [-0.2, -0.15) is 0 Å². The van der Waals surface area contributed by atoms with Crippen molar-refractivity contribution in [1.82, 2.24) is 14.9 Å². The van der Waals surface area contributed by atoms with Gasteiger partial charge < -0.3 is 26.0 Å². The summed E-state index contributed by atoms with van der Waals surface area (Å²) < 4.78 is 19.7. The molecule has 2 heterocycles. The molecule has 1 saturated heterocycles. The van der Waals surface area contributed by atoms with Crippen LogP contribution in [-0.2, 0) is 16.1 Å². The maximum Gasteiger partial charge on any atom is 0.437 e. The lowest BCUT2D eigenvalue weighted by Gasteiger charge is -2.34. The largest absolute Gasteiger partial charge is 0.443 e. The number of rotatable bonds is 4. The van der Waals surface area contributed by atoms with Crippen LogP contribution in [0, 0.1) is 5.82 Å². The third-order valence-corrected chi connectivity index (χ3v) is 4.61. The van der Waals surface area contributed by atoms with Crippen molar-refractivity contribution in [2.45, 2.75) is 13.5 Å². The molecule has 0 unspecified atom stereocenters. The van der Waals surface area contributed by atoms with Crippen molar-refractivity contribution in [2.75, 3.05) is 31.1 Å². The fourth-order valence-electron chi connectivity index (χ4n) is 3.04. The molecule has 1 fully saturated rings. The SMILES string of the molecule is CC(=O)N1CCN(c2ncc(-c3cccc(COC(=O)N=C(N)N)c3F)cn2)CC1. The zero-order chi connectivity index (χ0) is 21.7. The number of amides is 2. The molecule has 1 aromatic heterocycles. The van der Waals surface area contributed by atoms with Gasteiger partial charge in [-0.15, -0.1) is 4.99 Å². The van der Waals surface area contributed by atoms with Gasteiger partial charge >= 0.3 is 6.09 Å². The van der Waals surface area contributed by atoms with E-state index in [-0.39, 0.29) is 23.6 Å². The second-order valence-electron chi connectivity index (χ2n) is 6.63. The van der Waals surface area contributed by atoms with Gasteiger partial charge in [0.25, 0.3) is 0 Å². The number of aromatic nitrogens is 2. The van der Waals surface area contributed by atoms with Gasteiger partial charge in [0.15, 0.2) is 5.96 Å². The third-order valence-electron chi connectivity index (χ3n) is 4.61. The van der Waals surface area contributed by atoms with Crippen LogP contribution in [0.2, 0.25) is 0 Å². The molecule has 1 aromatic carbocycles. The van der Waals surface area contributed by atoms with Gasteiger partial charge in [0.1, 0.15) is 12.4 Å². The van der Waals surface area contributed by atoms with E-state index in [0.717, 1.165) is 0 Å². The van der Waals surface area contributed by atoms with Crippen molar-refractivity contribution in [2.24, 2.45) is 16.5 Å². The summed E-state index contributed by atoms with van der Waals surface area (Å²) >= 11 is 0. The fourth-order valence-corrected chi connectivity index (χ4v) is 3.04. The number of piperazine rings is 1. The fraction of sp³-hybridized carbons (Fsp3) is 0.316. The number of carbonyl (C=O) groups is 2. The molecule has 11 heteroatoms. The van der Waals surface area contributed by atoms with Crippen LogP contribution in [-0.4, -0.2) is 59.0 Å². The Hall–Kier alpha value is -3.76. The Morgan fingerprint density at radius 1 is 1.17 bits per heavy atom. The van der Waals surface area contributed by atoms with E-state index in [1.54, 1.807) is 24.0 Å². The number of carbonyl (C=O) groups excluding carboxylic acids is 2. The maximum absolute atomic E-state index is 14.9. The standard InChI is InChI=1S/C19H22FN7O3/c1-12(28)26-5-7-27(8-6-26)18-23-9-14(10-24-18)15-4-2-3-13(16(15)20)11-30-19(29)25-17(21)22/h2-4,9-10H,5-8,11H2,1H3,(H4,21,22,25,29). The van der Waals surface area contributed by atoms with Crippen molar-refractivity contribution in [1.29, 1.82) is 0 Å². The number of nitrogens with two attached hydrogens (primary N) is 2. The number of aliphatic imine (C=N–C) groups is 1. The Labute approximate surface area is 172 Å². The molecule has 0 atom stereocenters. The highest BCUT2D eigenvalue weighted by Crippen LogP contribution is 2.25. The van der Waals surface area contributed by atoms with Crippen LogP contribution in [0.3, 0.4) is 0 Å². The van der Waals surface area contributed by atoms with Gasteiger partial charge in [0, 0.05) is 62.2 Å². The van der Waals surface area contributed by atoms with Crippen molar-refractivity contribution in [3.8, 4) is 11.1 Å². The van der Waals surface area contributed by atoms with Gasteiger partial charge in [-0.05, 0) is 0 Å². The Kier molecular flexibility index (Phi) is 6.40. The maximum atomic E-state index is 14.9. The molecule has 0 saturated carbocycles. The zero-order valence-electron chi connectivity index (χ0n) is 16.4. The van der Waals surface area contributed by atoms with Crippen LogP contribution in [0.15, 0.2) is 35.6 Å². The number of nitrogens with zero attached hydrogens (tertiary/aromatic N) is 5. The lowest BCUT2D eigenvalue weighted by atomic mass is 10.1. The van der Waals surface area contributed by atoms with Crippen LogP contribution in [0.1, 0.15) is 12.5 Å². The second-order valence-corrected chi connectivity index (χ2v) is 6.63. The third kappa shape index (κ3) is 4.99. The predicted octanol–water partition coefficient (Wildman–Crippen LogP) is 0.861. The van der Waals surface area contributed by atoms with E-state index in [4.69, 9.17) is 16.2 Å². The van der Waals surface area contributed by atoms with E-state index in [2.05, 4.69) is 15.0 Å². The molecule has 0 bridgehead atoms. The monoisotopic (exact) mass is 415 g/mol. The van der Waals surface area contributed by atoms with Crippen molar-refractivity contribution >= 4 is 23.9 Å². The minimum atomic E-state index is -1.00. The summed E-state index contributed by atoms with van der Waals surface area (Å²) in [5.74, 6) is -0.425. The average Bonchev–Trinajstić information content (AvgIpc) is 2.73. The highest BCUT2D eigenvalue weighted by Gasteiger charge is 2.20. The number of guanidine groups is 1. The van der Waals surface area contributed by atoms with Gasteiger partial charge in [0.05, 0.1) is 0 Å². The van der Waals surface area contributed by atoms with Crippen molar-refractivity contribution in [3.05, 3.63) is 42.0 Å². The normalized spacial score (nSPS) is 13.7. The average molecular weight is 415 g/mol. The highest BCUT2D eigenvalue weighted by molar-refractivity contribution is 5.87. The molecule has 0 aliphatic carbocycles. The number of ether oxygens (including phenoxy) is 1. The molecule has 0 spiro atoms. The van der Waals surface area contributed by atoms with Gasteiger partial charge in [-0.1, -0.05) is 18.2 Å². The molecule has 2 amide bonds. The Morgan fingerprint density at radius 2 is 1.83 bits per heavy atom. The van der Waals surface area contributed by atoms with Crippen molar-refractivity contribution in [3.63, 3.8) is 0 Å². The van der Waals surface area contributed by atoms with Crippen LogP contribution in [0.25, 0.3) is 11.1 Å². The molecular formula is C19H22FN7O3. The molecule has 1 aliphatic heterocycles. The summed E-state index contributed by atoms with van der Waals surface area (Å²) in [7, 11) is 0. The van der Waals surface area contributed by atoms with Gasteiger partial charge in [-0.3, -0.25) is 4.79 Å². The molecule has 0 radical (unpaired) electrons. The van der Waals surface area contributed by atoms with Crippen LogP contribution in [0.4, 0.5) is 15.1 Å². The molecule has 4 N–H and O–H groups in total. The lowest BCUT2D eigenvalue weighted by molar-refractivity contribution is -0.129. The number of halogens is 1. The van der Waals surface area contributed by atoms with Gasteiger partial charge in [0.2, 0.25) is 11.9 Å². The van der Waals surface area contributed by atoms with E-state index in [1.165, 1.54) is 18.5 Å². The molecule has 1 aliphatic rings. The second kappa shape index (κ2) is 9.16. The number of hydrogen-bond acceptors (Lipinski definition) is 6. The van der Waals surface area contributed by atoms with E-state index in [9.17, 15) is 14.0 Å². The van der Waals surface area contributed by atoms with Crippen LogP contribution >= 0.6 is 0 Å². The van der Waals surface area contributed by atoms with E-state index < -0.39 is 17.9 Å². The molecule has 3 rings (SSSR count). The smallest absolute Gasteiger partial charge is 0.437 e. The Morgan fingerprint density at radius 3 is 2.43 bits per heavy atom. The summed E-state index contributed by atoms with van der Waals surface area (Å²) in [5, 5.41) is 0. The van der Waals surface area contributed by atoms with Crippen molar-refractivity contribution < 1.29 is 18.7 Å². The number of anilines is 1.